The number of alkyl halides is 6. The maximum atomic E-state index is 15.7. The van der Waals surface area contributed by atoms with Gasteiger partial charge in [0.05, 0.1) is 25.9 Å². The fourth-order valence-corrected chi connectivity index (χ4v) is 10.6. The fourth-order valence-electron chi connectivity index (χ4n) is 6.68. The van der Waals surface area contributed by atoms with E-state index < -0.39 is 38.4 Å². The SMILES string of the molecule is CC12SC(c3ccccc3)=CC1=C1C(=C3C=C(c4ccc(O)c(/C=N/Nc5nc6ccccc6s5)c4)SC32C)C(F)(F)C(F)(F)C1(F)F. The molecule has 3 heterocycles. The quantitative estimate of drug-likeness (QED) is 0.123. The molecular formula is C35H23F6N3OS3. The lowest BCUT2D eigenvalue weighted by Crippen LogP contribution is -2.48. The molecule has 244 valence electrons. The number of thioether (sulfide) groups is 2. The first kappa shape index (κ1) is 31.3. The third-order valence-electron chi connectivity index (χ3n) is 9.35. The van der Waals surface area contributed by atoms with Crippen molar-refractivity contribution in [1.29, 1.82) is 0 Å². The van der Waals surface area contributed by atoms with Gasteiger partial charge in [0.1, 0.15) is 5.75 Å². The number of hydrogen-bond acceptors (Lipinski definition) is 7. The molecule has 3 aromatic carbocycles. The highest BCUT2D eigenvalue weighted by molar-refractivity contribution is 8.14. The van der Waals surface area contributed by atoms with Crippen LogP contribution in [0.4, 0.5) is 31.5 Å². The van der Waals surface area contributed by atoms with Crippen LogP contribution >= 0.6 is 34.9 Å². The maximum Gasteiger partial charge on any atom is 0.380 e. The molecule has 2 aliphatic carbocycles. The van der Waals surface area contributed by atoms with Crippen LogP contribution in [-0.2, 0) is 0 Å². The second-order valence-electron chi connectivity index (χ2n) is 12.1. The monoisotopic (exact) mass is 711 g/mol. The number of phenolic OH excluding ortho intramolecular Hbond substituents is 1. The Morgan fingerprint density at radius 1 is 0.750 bits per heavy atom. The zero-order valence-corrected chi connectivity index (χ0v) is 27.4. The smallest absolute Gasteiger partial charge is 0.380 e. The summed E-state index contributed by atoms with van der Waals surface area (Å²) in [6.07, 6.45) is 4.06. The Balaban J connectivity index is 1.22. The molecule has 0 saturated heterocycles. The summed E-state index contributed by atoms with van der Waals surface area (Å²) in [5, 5.41) is 15.3. The summed E-state index contributed by atoms with van der Waals surface area (Å²) < 4.78 is 91.3. The lowest BCUT2D eigenvalue weighted by molar-refractivity contribution is -0.258. The van der Waals surface area contributed by atoms with Crippen molar-refractivity contribution in [3.8, 4) is 5.75 Å². The van der Waals surface area contributed by atoms with E-state index in [1.807, 2.05) is 24.3 Å². The van der Waals surface area contributed by atoms with Crippen molar-refractivity contribution in [2.75, 3.05) is 5.43 Å². The summed E-state index contributed by atoms with van der Waals surface area (Å²) in [7, 11) is 0. The van der Waals surface area contributed by atoms with Gasteiger partial charge < -0.3 is 5.11 Å². The van der Waals surface area contributed by atoms with Crippen molar-refractivity contribution in [3.05, 3.63) is 124 Å². The Labute approximate surface area is 283 Å². The van der Waals surface area contributed by atoms with Crippen LogP contribution in [-0.4, -0.2) is 43.6 Å². The van der Waals surface area contributed by atoms with Gasteiger partial charge in [0.15, 0.2) is 0 Å². The third-order valence-corrected chi connectivity index (χ3v) is 13.6. The van der Waals surface area contributed by atoms with Crippen LogP contribution in [0.5, 0.6) is 5.75 Å². The van der Waals surface area contributed by atoms with Gasteiger partial charge in [-0.1, -0.05) is 59.9 Å². The zero-order valence-electron chi connectivity index (χ0n) is 25.0. The maximum absolute atomic E-state index is 15.7. The molecule has 13 heteroatoms. The zero-order chi connectivity index (χ0) is 33.9. The average molecular weight is 712 g/mol. The minimum Gasteiger partial charge on any atom is -0.507 e. The molecule has 0 amide bonds. The second kappa shape index (κ2) is 10.3. The minimum atomic E-state index is -5.63. The lowest BCUT2D eigenvalue weighted by Gasteiger charge is -2.47. The number of thiazole rings is 1. The number of nitrogens with zero attached hydrogens (tertiary/aromatic N) is 2. The molecule has 1 saturated carbocycles. The van der Waals surface area contributed by atoms with E-state index in [0.29, 0.717) is 26.1 Å². The summed E-state index contributed by atoms with van der Waals surface area (Å²) in [6.45, 7) is 3.30. The number of phenols is 1. The number of allylic oxidation sites excluding steroid dienone is 4. The van der Waals surface area contributed by atoms with Crippen molar-refractivity contribution in [2.24, 2.45) is 5.10 Å². The molecule has 2 unspecified atom stereocenters. The first-order valence-electron chi connectivity index (χ1n) is 14.7. The van der Waals surface area contributed by atoms with Gasteiger partial charge in [0, 0.05) is 26.5 Å². The van der Waals surface area contributed by atoms with E-state index in [1.54, 1.807) is 56.3 Å². The molecular weight excluding hydrogens is 689 g/mol. The standard InChI is InChI=1S/C35H23F6N3OS3/c1-31-21(15-26(47-31)18-8-4-3-5-9-18)28-29(34(38,39)35(40,41)33(28,36)37)22-16-27(48-32(22,31)2)19-12-13-24(45)20(14-19)17-42-44-30-43-23-10-6-7-11-25(23)46-30/h3-17,45H,1-2H3,(H,43,44)/b42-17+. The Hall–Kier alpha value is -3.94. The van der Waals surface area contributed by atoms with Crippen LogP contribution in [0.1, 0.15) is 30.5 Å². The number of aromatic nitrogens is 1. The highest BCUT2D eigenvalue weighted by atomic mass is 32.2. The predicted molar refractivity (Wildman–Crippen MR) is 182 cm³/mol. The number of halogens is 6. The third kappa shape index (κ3) is 4.13. The van der Waals surface area contributed by atoms with Crippen LogP contribution in [0.3, 0.4) is 0 Å². The van der Waals surface area contributed by atoms with Gasteiger partial charge in [-0.3, -0.25) is 5.43 Å². The summed E-state index contributed by atoms with van der Waals surface area (Å²) in [6, 6.07) is 20.9. The van der Waals surface area contributed by atoms with Gasteiger partial charge in [-0.05, 0) is 72.5 Å². The second-order valence-corrected chi connectivity index (χ2v) is 16.0. The number of para-hydroxylation sites is 1. The summed E-state index contributed by atoms with van der Waals surface area (Å²) in [5.41, 5.74) is 1.94. The minimum absolute atomic E-state index is 0.120. The summed E-state index contributed by atoms with van der Waals surface area (Å²) >= 11 is 3.75. The van der Waals surface area contributed by atoms with E-state index in [2.05, 4.69) is 15.5 Å². The molecule has 1 fully saturated rings. The van der Waals surface area contributed by atoms with Crippen LogP contribution in [0.2, 0.25) is 0 Å². The molecule has 4 aromatic rings. The van der Waals surface area contributed by atoms with Gasteiger partial charge in [0.2, 0.25) is 5.13 Å². The summed E-state index contributed by atoms with van der Waals surface area (Å²) in [5.74, 6) is -16.0. The molecule has 0 bridgehead atoms. The topological polar surface area (TPSA) is 57.5 Å². The van der Waals surface area contributed by atoms with Crippen LogP contribution < -0.4 is 5.43 Å². The number of hydrazone groups is 1. The van der Waals surface area contributed by atoms with Crippen molar-refractivity contribution >= 4 is 66.2 Å². The van der Waals surface area contributed by atoms with Crippen molar-refractivity contribution in [3.63, 3.8) is 0 Å². The van der Waals surface area contributed by atoms with Gasteiger partial charge in [-0.25, -0.2) is 4.98 Å². The molecule has 4 aliphatic rings. The number of aromatic hydroxyl groups is 1. The van der Waals surface area contributed by atoms with Gasteiger partial charge in [0.25, 0.3) is 0 Å². The number of fused-ring (bicyclic) bond motifs is 5. The Morgan fingerprint density at radius 3 is 1.96 bits per heavy atom. The fraction of sp³-hybridized carbons (Fsp3) is 0.200. The van der Waals surface area contributed by atoms with E-state index in [1.165, 1.54) is 47.5 Å². The van der Waals surface area contributed by atoms with Gasteiger partial charge in [-0.15, -0.1) is 23.5 Å². The largest absolute Gasteiger partial charge is 0.507 e. The van der Waals surface area contributed by atoms with E-state index in [9.17, 15) is 5.11 Å². The van der Waals surface area contributed by atoms with E-state index in [-0.39, 0.29) is 22.5 Å². The Morgan fingerprint density at radius 2 is 1.33 bits per heavy atom. The highest BCUT2D eigenvalue weighted by Gasteiger charge is 2.84. The van der Waals surface area contributed by atoms with Gasteiger partial charge >= 0.3 is 17.8 Å². The first-order valence-corrected chi connectivity index (χ1v) is 17.1. The Kier molecular flexibility index (Phi) is 6.71. The van der Waals surface area contributed by atoms with Crippen LogP contribution in [0.25, 0.3) is 20.0 Å². The average Bonchev–Trinajstić information content (AvgIpc) is 3.76. The van der Waals surface area contributed by atoms with Crippen LogP contribution in [0.15, 0.2) is 112 Å². The molecule has 2 aliphatic heterocycles. The first-order chi connectivity index (χ1) is 22.7. The number of hydrogen-bond donors (Lipinski definition) is 2. The molecule has 0 radical (unpaired) electrons. The molecule has 8 rings (SSSR count). The van der Waals surface area contributed by atoms with E-state index in [4.69, 9.17) is 0 Å². The Bertz CT molecular complexity index is 2170. The van der Waals surface area contributed by atoms with E-state index >= 15 is 26.3 Å². The predicted octanol–water partition coefficient (Wildman–Crippen LogP) is 10.4. The van der Waals surface area contributed by atoms with E-state index in [0.717, 1.165) is 22.0 Å². The number of anilines is 1. The molecule has 2 atom stereocenters. The highest BCUT2D eigenvalue weighted by Crippen LogP contribution is 2.75. The van der Waals surface area contributed by atoms with Crippen LogP contribution in [0, 0.1) is 0 Å². The number of rotatable bonds is 5. The number of benzene rings is 3. The number of nitrogens with one attached hydrogen (secondary N) is 1. The molecule has 0 spiro atoms. The normalized spacial score (nSPS) is 26.5. The molecule has 2 N–H and O–H groups in total. The van der Waals surface area contributed by atoms with Crippen molar-refractivity contribution in [2.45, 2.75) is 41.1 Å². The summed E-state index contributed by atoms with van der Waals surface area (Å²) in [4.78, 5) is 5.37. The van der Waals surface area contributed by atoms with Crippen molar-refractivity contribution in [1.82, 2.24) is 4.98 Å². The molecule has 1 aromatic heterocycles. The van der Waals surface area contributed by atoms with Crippen molar-refractivity contribution < 1.29 is 31.4 Å². The molecule has 48 heavy (non-hydrogen) atoms. The van der Waals surface area contributed by atoms with Gasteiger partial charge in [-0.2, -0.15) is 31.4 Å². The molecule has 4 nitrogen and oxygen atoms in total. The lowest BCUT2D eigenvalue weighted by atomic mass is 9.71.